The number of hydrogen-bond acceptors (Lipinski definition) is 7. The second kappa shape index (κ2) is 12.0. The Kier molecular flexibility index (Phi) is 8.29. The lowest BCUT2D eigenvalue weighted by Gasteiger charge is -2.33. The van der Waals surface area contributed by atoms with Crippen LogP contribution in [0.25, 0.3) is 0 Å². The SMILES string of the molecule is CC(=O)C1CCN(c2ncc(CC(=O)NC(c3ccc(C)o3)c3ccc(C)cc3N3CCCCC3)cn2)CC1. The van der Waals surface area contributed by atoms with Gasteiger partial charge in [0.1, 0.15) is 23.3 Å². The number of nitrogens with zero attached hydrogens (tertiary/aromatic N) is 4. The molecule has 2 fully saturated rings. The second-order valence-electron chi connectivity index (χ2n) is 11.0. The molecular formula is C31H39N5O3. The zero-order valence-electron chi connectivity index (χ0n) is 23.3. The highest BCUT2D eigenvalue weighted by atomic mass is 16.3. The van der Waals surface area contributed by atoms with E-state index in [0.29, 0.717) is 5.95 Å². The van der Waals surface area contributed by atoms with Crippen LogP contribution >= 0.6 is 0 Å². The van der Waals surface area contributed by atoms with Gasteiger partial charge in [-0.15, -0.1) is 0 Å². The third kappa shape index (κ3) is 6.49. The first-order chi connectivity index (χ1) is 18.9. The zero-order valence-corrected chi connectivity index (χ0v) is 23.3. The number of ketones is 1. The smallest absolute Gasteiger partial charge is 0.225 e. The van der Waals surface area contributed by atoms with Crippen LogP contribution in [0.4, 0.5) is 11.6 Å². The number of amides is 1. The van der Waals surface area contributed by atoms with Crippen molar-refractivity contribution in [3.8, 4) is 0 Å². The first kappa shape index (κ1) is 26.9. The highest BCUT2D eigenvalue weighted by Crippen LogP contribution is 2.34. The minimum atomic E-state index is -0.397. The molecule has 1 N–H and O–H groups in total. The Hall–Kier alpha value is -3.68. The minimum absolute atomic E-state index is 0.113. The maximum Gasteiger partial charge on any atom is 0.225 e. The van der Waals surface area contributed by atoms with Crippen LogP contribution in [0.2, 0.25) is 0 Å². The predicted molar refractivity (Wildman–Crippen MR) is 152 cm³/mol. The van der Waals surface area contributed by atoms with Crippen molar-refractivity contribution in [2.24, 2.45) is 5.92 Å². The van der Waals surface area contributed by atoms with Gasteiger partial charge < -0.3 is 19.5 Å². The summed E-state index contributed by atoms with van der Waals surface area (Å²) >= 11 is 0. The van der Waals surface area contributed by atoms with Crippen molar-refractivity contribution in [1.82, 2.24) is 15.3 Å². The van der Waals surface area contributed by atoms with Crippen LogP contribution in [0.3, 0.4) is 0 Å². The number of piperidine rings is 2. The molecule has 5 rings (SSSR count). The normalized spacial score (nSPS) is 17.2. The van der Waals surface area contributed by atoms with E-state index in [2.05, 4.69) is 50.2 Å². The molecule has 0 bridgehead atoms. The van der Waals surface area contributed by atoms with Gasteiger partial charge in [0.15, 0.2) is 0 Å². The zero-order chi connectivity index (χ0) is 27.4. The summed E-state index contributed by atoms with van der Waals surface area (Å²) in [5, 5.41) is 3.25. The molecule has 2 aliphatic heterocycles. The van der Waals surface area contributed by atoms with Gasteiger partial charge in [0.2, 0.25) is 11.9 Å². The van der Waals surface area contributed by atoms with Gasteiger partial charge in [-0.25, -0.2) is 9.97 Å². The second-order valence-corrected chi connectivity index (χ2v) is 11.0. The van der Waals surface area contributed by atoms with Crippen molar-refractivity contribution in [3.05, 3.63) is 70.9 Å². The highest BCUT2D eigenvalue weighted by Gasteiger charge is 2.27. The first-order valence-corrected chi connectivity index (χ1v) is 14.1. The van der Waals surface area contributed by atoms with Crippen LogP contribution in [-0.2, 0) is 16.0 Å². The van der Waals surface area contributed by atoms with Crippen LogP contribution in [0.15, 0.2) is 47.1 Å². The third-order valence-electron chi connectivity index (χ3n) is 7.95. The quantitative estimate of drug-likeness (QED) is 0.442. The molecule has 2 aliphatic rings. The van der Waals surface area contributed by atoms with Crippen LogP contribution in [0.1, 0.15) is 73.3 Å². The lowest BCUT2D eigenvalue weighted by molar-refractivity contribution is -0.122. The summed E-state index contributed by atoms with van der Waals surface area (Å²) in [6.07, 6.45) is 8.90. The Morgan fingerprint density at radius 2 is 1.69 bits per heavy atom. The number of aryl methyl sites for hydroxylation is 2. The molecule has 0 radical (unpaired) electrons. The van der Waals surface area contributed by atoms with E-state index in [9.17, 15) is 9.59 Å². The Balaban J connectivity index is 1.31. The maximum absolute atomic E-state index is 13.4. The lowest BCUT2D eigenvalue weighted by Crippen LogP contribution is -2.36. The molecule has 39 heavy (non-hydrogen) atoms. The summed E-state index contributed by atoms with van der Waals surface area (Å²) in [4.78, 5) is 38.6. The summed E-state index contributed by atoms with van der Waals surface area (Å²) in [7, 11) is 0. The molecule has 0 spiro atoms. The van der Waals surface area contributed by atoms with Gasteiger partial charge in [-0.05, 0) is 82.2 Å². The van der Waals surface area contributed by atoms with Gasteiger partial charge in [-0.2, -0.15) is 0 Å². The minimum Gasteiger partial charge on any atom is -0.464 e. The number of rotatable bonds is 8. The Morgan fingerprint density at radius 1 is 0.974 bits per heavy atom. The van der Waals surface area contributed by atoms with E-state index in [1.54, 1.807) is 19.3 Å². The van der Waals surface area contributed by atoms with Crippen LogP contribution < -0.4 is 15.1 Å². The van der Waals surface area contributed by atoms with Crippen molar-refractivity contribution in [2.45, 2.75) is 65.3 Å². The van der Waals surface area contributed by atoms with Gasteiger partial charge in [0, 0.05) is 55.7 Å². The molecule has 8 nitrogen and oxygen atoms in total. The number of furan rings is 1. The summed E-state index contributed by atoms with van der Waals surface area (Å²) < 4.78 is 6.04. The molecule has 4 heterocycles. The highest BCUT2D eigenvalue weighted by molar-refractivity contribution is 5.80. The number of Topliss-reactive ketones (excluding diaryl/α,β-unsaturated/α-hetero) is 1. The number of aromatic nitrogens is 2. The van der Waals surface area contributed by atoms with Gasteiger partial charge in [-0.1, -0.05) is 12.1 Å². The third-order valence-corrected chi connectivity index (χ3v) is 7.95. The number of benzene rings is 1. The topological polar surface area (TPSA) is 91.6 Å². The molecule has 2 saturated heterocycles. The molecule has 3 aromatic rings. The number of carbonyl (C=O) groups excluding carboxylic acids is 2. The average Bonchev–Trinajstić information content (AvgIpc) is 3.38. The number of anilines is 2. The number of hydrogen-bond donors (Lipinski definition) is 1. The molecule has 1 unspecified atom stereocenters. The van der Waals surface area contributed by atoms with Gasteiger partial charge in [-0.3, -0.25) is 9.59 Å². The molecule has 1 amide bonds. The molecule has 1 atom stereocenters. The predicted octanol–water partition coefficient (Wildman–Crippen LogP) is 4.93. The van der Waals surface area contributed by atoms with Crippen molar-refractivity contribution in [2.75, 3.05) is 36.0 Å². The van der Waals surface area contributed by atoms with Gasteiger partial charge in [0.25, 0.3) is 0 Å². The fourth-order valence-electron chi connectivity index (χ4n) is 5.70. The van der Waals surface area contributed by atoms with E-state index in [-0.39, 0.29) is 24.0 Å². The Bertz CT molecular complexity index is 1290. The Morgan fingerprint density at radius 3 is 2.33 bits per heavy atom. The molecule has 1 aromatic carbocycles. The van der Waals surface area contributed by atoms with Crippen molar-refractivity contribution in [3.63, 3.8) is 0 Å². The van der Waals surface area contributed by atoms with Crippen molar-refractivity contribution in [1.29, 1.82) is 0 Å². The lowest BCUT2D eigenvalue weighted by atomic mass is 9.93. The van der Waals surface area contributed by atoms with Crippen LogP contribution in [0.5, 0.6) is 0 Å². The van der Waals surface area contributed by atoms with Gasteiger partial charge in [0.05, 0.1) is 6.42 Å². The monoisotopic (exact) mass is 529 g/mol. The van der Waals surface area contributed by atoms with E-state index >= 15 is 0 Å². The van der Waals surface area contributed by atoms with Crippen LogP contribution in [-0.4, -0.2) is 47.8 Å². The molecule has 0 aliphatic carbocycles. The maximum atomic E-state index is 13.4. The van der Waals surface area contributed by atoms with E-state index in [1.807, 2.05) is 19.1 Å². The summed E-state index contributed by atoms with van der Waals surface area (Å²) in [5.41, 5.74) is 4.16. The Labute approximate surface area is 230 Å². The fourth-order valence-corrected chi connectivity index (χ4v) is 5.70. The number of nitrogens with one attached hydrogen (secondary N) is 1. The van der Waals surface area contributed by atoms with E-state index < -0.39 is 6.04 Å². The largest absolute Gasteiger partial charge is 0.464 e. The molecule has 8 heteroatoms. The molecule has 2 aromatic heterocycles. The van der Waals surface area contributed by atoms with E-state index in [0.717, 1.165) is 67.4 Å². The summed E-state index contributed by atoms with van der Waals surface area (Å²) in [6.45, 7) is 9.27. The van der Waals surface area contributed by atoms with Crippen molar-refractivity contribution < 1.29 is 14.0 Å². The molecule has 0 saturated carbocycles. The van der Waals surface area contributed by atoms with E-state index in [1.165, 1.54) is 24.8 Å². The fraction of sp³-hybridized carbons (Fsp3) is 0.484. The van der Waals surface area contributed by atoms with Crippen molar-refractivity contribution >= 4 is 23.3 Å². The standard InChI is InChI=1S/C31H39N5O3/c1-21-7-9-26(27(17-21)35-13-5-4-6-14-35)30(28-10-8-22(2)39-28)34-29(38)18-24-19-32-31(33-20-24)36-15-11-25(12-16-36)23(3)37/h7-10,17,19-20,25,30H,4-6,11-16,18H2,1-3H3,(H,34,38). The summed E-state index contributed by atoms with van der Waals surface area (Å²) in [5.74, 6) is 2.47. The number of carbonyl (C=O) groups is 2. The molecule has 206 valence electrons. The van der Waals surface area contributed by atoms with E-state index in [4.69, 9.17) is 4.42 Å². The first-order valence-electron chi connectivity index (χ1n) is 14.1. The molecular weight excluding hydrogens is 490 g/mol. The van der Waals surface area contributed by atoms with Gasteiger partial charge >= 0.3 is 0 Å². The average molecular weight is 530 g/mol. The van der Waals surface area contributed by atoms with Crippen LogP contribution in [0, 0.1) is 19.8 Å². The summed E-state index contributed by atoms with van der Waals surface area (Å²) in [6, 6.07) is 9.94.